The van der Waals surface area contributed by atoms with Gasteiger partial charge < -0.3 is 9.57 Å². The Bertz CT molecular complexity index is 641. The predicted octanol–water partition coefficient (Wildman–Crippen LogP) is 5.17. The summed E-state index contributed by atoms with van der Waals surface area (Å²) in [4.78, 5) is 5.32. The van der Waals surface area contributed by atoms with Crippen molar-refractivity contribution in [3.8, 4) is 5.75 Å². The topological polar surface area (TPSA) is 30.8 Å². The average Bonchev–Trinajstić information content (AvgIpc) is 2.67. The van der Waals surface area contributed by atoms with Gasteiger partial charge >= 0.3 is 0 Å². The predicted molar refractivity (Wildman–Crippen MR) is 96.6 cm³/mol. The lowest BCUT2D eigenvalue weighted by atomic mass is 9.84. The Labute approximate surface area is 144 Å². The summed E-state index contributed by atoms with van der Waals surface area (Å²) >= 11 is 0. The molecule has 0 aliphatic heterocycles. The van der Waals surface area contributed by atoms with Crippen LogP contribution in [-0.2, 0) is 11.4 Å². The molecule has 2 aromatic carbocycles. The van der Waals surface area contributed by atoms with Crippen molar-refractivity contribution in [3.63, 3.8) is 0 Å². The normalized spacial score (nSPS) is 15.5. The van der Waals surface area contributed by atoms with Gasteiger partial charge in [-0.3, -0.25) is 0 Å². The molecular formula is C21H24NO2. The van der Waals surface area contributed by atoms with Crippen molar-refractivity contribution in [2.45, 2.75) is 44.6 Å². The van der Waals surface area contributed by atoms with Crippen LogP contribution < -0.4 is 4.74 Å². The van der Waals surface area contributed by atoms with Gasteiger partial charge in [-0.25, -0.2) is 0 Å². The summed E-state index contributed by atoms with van der Waals surface area (Å²) in [7, 11) is 1.66. The number of nitrogens with zero attached hydrogens (tertiary/aromatic N) is 1. The first-order valence-electron chi connectivity index (χ1n) is 8.66. The van der Waals surface area contributed by atoms with E-state index in [4.69, 9.17) is 9.57 Å². The molecule has 1 radical (unpaired) electrons. The van der Waals surface area contributed by atoms with Gasteiger partial charge in [0.1, 0.15) is 18.6 Å². The molecule has 1 fully saturated rings. The van der Waals surface area contributed by atoms with Crippen LogP contribution in [0.4, 0.5) is 0 Å². The van der Waals surface area contributed by atoms with Gasteiger partial charge in [0, 0.05) is 5.56 Å². The maximum atomic E-state index is 5.32. The van der Waals surface area contributed by atoms with Crippen molar-refractivity contribution < 1.29 is 9.57 Å². The Hall–Kier alpha value is -2.29. The molecule has 2 aromatic rings. The van der Waals surface area contributed by atoms with Crippen molar-refractivity contribution in [3.05, 3.63) is 65.2 Å². The lowest BCUT2D eigenvalue weighted by Crippen LogP contribution is -2.04. The molecule has 0 aromatic heterocycles. The van der Waals surface area contributed by atoms with E-state index in [1.165, 1.54) is 37.7 Å². The van der Waals surface area contributed by atoms with Crippen LogP contribution in [0.15, 0.2) is 53.7 Å². The van der Waals surface area contributed by atoms with E-state index in [9.17, 15) is 0 Å². The molecule has 3 heteroatoms. The lowest BCUT2D eigenvalue weighted by molar-refractivity contribution is 0.132. The second-order valence-electron chi connectivity index (χ2n) is 6.28. The molecule has 1 saturated carbocycles. The summed E-state index contributed by atoms with van der Waals surface area (Å²) in [5.41, 5.74) is 3.44. The van der Waals surface area contributed by atoms with Crippen LogP contribution in [0.2, 0.25) is 0 Å². The van der Waals surface area contributed by atoms with Crippen molar-refractivity contribution in [2.24, 2.45) is 5.16 Å². The number of hydrogen-bond donors (Lipinski definition) is 0. The largest absolute Gasteiger partial charge is 0.497 e. The zero-order valence-corrected chi connectivity index (χ0v) is 14.2. The molecule has 0 bridgehead atoms. The second kappa shape index (κ2) is 8.53. The fourth-order valence-corrected chi connectivity index (χ4v) is 3.18. The monoisotopic (exact) mass is 322 g/mol. The zero-order valence-electron chi connectivity index (χ0n) is 14.2. The lowest BCUT2D eigenvalue weighted by Gasteiger charge is -2.21. The van der Waals surface area contributed by atoms with E-state index in [1.54, 1.807) is 7.11 Å². The summed E-state index contributed by atoms with van der Waals surface area (Å²) in [6, 6.07) is 16.3. The van der Waals surface area contributed by atoms with Gasteiger partial charge in [0.25, 0.3) is 0 Å². The number of benzene rings is 2. The number of methoxy groups -OCH3 is 1. The highest BCUT2D eigenvalue weighted by Crippen LogP contribution is 2.32. The summed E-state index contributed by atoms with van der Waals surface area (Å²) in [5, 5.41) is 3.94. The third-order valence-electron chi connectivity index (χ3n) is 4.62. The fourth-order valence-electron chi connectivity index (χ4n) is 3.18. The molecule has 3 nitrogen and oxygen atoms in total. The highest BCUT2D eigenvalue weighted by atomic mass is 16.6. The van der Waals surface area contributed by atoms with E-state index in [2.05, 4.69) is 35.6 Å². The second-order valence-corrected chi connectivity index (χ2v) is 6.28. The van der Waals surface area contributed by atoms with Crippen molar-refractivity contribution in [2.75, 3.05) is 7.11 Å². The summed E-state index contributed by atoms with van der Waals surface area (Å²) < 4.78 is 5.13. The smallest absolute Gasteiger partial charge is 0.142 e. The van der Waals surface area contributed by atoms with Crippen molar-refractivity contribution >= 4 is 6.21 Å². The minimum Gasteiger partial charge on any atom is -0.497 e. The first kappa shape index (κ1) is 16.6. The van der Waals surface area contributed by atoms with Crippen LogP contribution >= 0.6 is 0 Å². The molecule has 24 heavy (non-hydrogen) atoms. The molecule has 0 atom stereocenters. The molecule has 1 aliphatic rings. The van der Waals surface area contributed by atoms with Crippen LogP contribution in [0.1, 0.15) is 54.7 Å². The van der Waals surface area contributed by atoms with Gasteiger partial charge in [-0.1, -0.05) is 60.8 Å². The summed E-state index contributed by atoms with van der Waals surface area (Å²) in [6.07, 6.45) is 9.70. The molecule has 1 aliphatic carbocycles. The molecule has 0 heterocycles. The highest BCUT2D eigenvalue weighted by molar-refractivity contribution is 5.79. The van der Waals surface area contributed by atoms with E-state index >= 15 is 0 Å². The minimum absolute atomic E-state index is 0.428. The molecule has 0 spiro atoms. The SMILES string of the molecule is COc1ccc(CO/N=[C]\c2ccc(C3CCCCC3)cc2)cc1. The van der Waals surface area contributed by atoms with Gasteiger partial charge in [-0.15, -0.1) is 0 Å². The third kappa shape index (κ3) is 4.60. The fraction of sp³-hybridized carbons (Fsp3) is 0.381. The Balaban J connectivity index is 1.48. The highest BCUT2D eigenvalue weighted by Gasteiger charge is 2.14. The molecule has 0 amide bonds. The first-order chi connectivity index (χ1) is 11.8. The molecule has 0 saturated heterocycles. The summed E-state index contributed by atoms with van der Waals surface area (Å²) in [5.74, 6) is 1.57. The average molecular weight is 322 g/mol. The van der Waals surface area contributed by atoms with Crippen LogP contribution in [0.25, 0.3) is 0 Å². The van der Waals surface area contributed by atoms with Crippen molar-refractivity contribution in [1.82, 2.24) is 0 Å². The van der Waals surface area contributed by atoms with Gasteiger partial charge in [0.2, 0.25) is 0 Å². The molecule has 0 unspecified atom stereocenters. The molecule has 0 N–H and O–H groups in total. The maximum absolute atomic E-state index is 5.32. The maximum Gasteiger partial charge on any atom is 0.142 e. The van der Waals surface area contributed by atoms with Gasteiger partial charge in [-0.05, 0) is 42.0 Å². The standard InChI is InChI=1S/C21H24NO2/c1-23-21-13-9-18(10-14-21)16-24-22-15-17-7-11-20(12-8-17)19-5-3-2-4-6-19/h7-14,19H,2-6,16H2,1H3. The number of ether oxygens (including phenoxy) is 1. The Morgan fingerprint density at radius 3 is 2.33 bits per heavy atom. The van der Waals surface area contributed by atoms with E-state index < -0.39 is 0 Å². The van der Waals surface area contributed by atoms with E-state index in [0.717, 1.165) is 22.8 Å². The van der Waals surface area contributed by atoms with Gasteiger partial charge in [-0.2, -0.15) is 0 Å². The van der Waals surface area contributed by atoms with E-state index in [1.807, 2.05) is 24.3 Å². The summed E-state index contributed by atoms with van der Waals surface area (Å²) in [6.45, 7) is 0.428. The van der Waals surface area contributed by atoms with Crippen LogP contribution in [-0.4, -0.2) is 13.3 Å². The third-order valence-corrected chi connectivity index (χ3v) is 4.62. The zero-order chi connectivity index (χ0) is 16.6. The van der Waals surface area contributed by atoms with Gasteiger partial charge in [0.15, 0.2) is 0 Å². The Morgan fingerprint density at radius 1 is 0.958 bits per heavy atom. The number of hydrogen-bond acceptors (Lipinski definition) is 3. The molecule has 3 rings (SSSR count). The van der Waals surface area contributed by atoms with Crippen molar-refractivity contribution in [1.29, 1.82) is 0 Å². The van der Waals surface area contributed by atoms with Crippen LogP contribution in [0.3, 0.4) is 0 Å². The molecule has 125 valence electrons. The first-order valence-corrected chi connectivity index (χ1v) is 8.66. The van der Waals surface area contributed by atoms with E-state index in [0.29, 0.717) is 6.61 Å². The van der Waals surface area contributed by atoms with Gasteiger partial charge in [0.05, 0.1) is 7.11 Å². The minimum atomic E-state index is 0.428. The van der Waals surface area contributed by atoms with Crippen LogP contribution in [0, 0.1) is 0 Å². The van der Waals surface area contributed by atoms with Crippen LogP contribution in [0.5, 0.6) is 5.75 Å². The van der Waals surface area contributed by atoms with E-state index in [-0.39, 0.29) is 0 Å². The molecular weight excluding hydrogens is 298 g/mol. The quantitative estimate of drug-likeness (QED) is 0.542. The Morgan fingerprint density at radius 2 is 1.67 bits per heavy atom. The number of rotatable bonds is 6. The Kier molecular flexibility index (Phi) is 5.89.